The summed E-state index contributed by atoms with van der Waals surface area (Å²) in [5.74, 6) is 0.607. The molecule has 1 saturated carbocycles. The molecule has 0 aromatic heterocycles. The highest BCUT2D eigenvalue weighted by atomic mass is 32.2. The molecule has 1 aromatic carbocycles. The van der Waals surface area contributed by atoms with E-state index >= 15 is 0 Å². The number of thioether (sulfide) groups is 1. The number of aryl methyl sites for hydroxylation is 1. The first-order valence-electron chi connectivity index (χ1n) is 5.92. The van der Waals surface area contributed by atoms with Gasteiger partial charge in [-0.1, -0.05) is 30.5 Å². The van der Waals surface area contributed by atoms with Gasteiger partial charge in [0.1, 0.15) is 0 Å². The van der Waals surface area contributed by atoms with Gasteiger partial charge >= 0.3 is 0 Å². The molecule has 0 radical (unpaired) electrons. The van der Waals surface area contributed by atoms with Crippen LogP contribution in [-0.2, 0) is 0 Å². The van der Waals surface area contributed by atoms with Gasteiger partial charge in [0.15, 0.2) is 0 Å². The largest absolute Gasteiger partial charge is 0.197 e. The Morgan fingerprint density at radius 1 is 1.38 bits per heavy atom. The van der Waals surface area contributed by atoms with Gasteiger partial charge in [0.05, 0.1) is 11.3 Å². The van der Waals surface area contributed by atoms with Crippen LogP contribution in [0.4, 0.5) is 0 Å². The summed E-state index contributed by atoms with van der Waals surface area (Å²) in [6.07, 6.45) is 5.07. The third-order valence-corrected chi connectivity index (χ3v) is 4.48. The maximum Gasteiger partial charge on any atom is 0.0991 e. The minimum absolute atomic E-state index is 0.143. The van der Waals surface area contributed by atoms with Crippen LogP contribution in [0.25, 0.3) is 0 Å². The number of benzene rings is 1. The minimum Gasteiger partial charge on any atom is -0.197 e. The minimum atomic E-state index is 0.143. The van der Waals surface area contributed by atoms with Gasteiger partial charge in [0.25, 0.3) is 0 Å². The average molecular weight is 231 g/mol. The molecule has 84 valence electrons. The van der Waals surface area contributed by atoms with Crippen molar-refractivity contribution in [2.45, 2.75) is 42.8 Å². The highest BCUT2D eigenvalue weighted by molar-refractivity contribution is 8.00. The second-order valence-corrected chi connectivity index (χ2v) is 5.74. The Morgan fingerprint density at radius 3 is 2.75 bits per heavy atom. The van der Waals surface area contributed by atoms with Crippen LogP contribution < -0.4 is 0 Å². The van der Waals surface area contributed by atoms with E-state index < -0.39 is 0 Å². The van der Waals surface area contributed by atoms with Crippen molar-refractivity contribution in [3.8, 4) is 6.07 Å². The summed E-state index contributed by atoms with van der Waals surface area (Å²) < 4.78 is 0. The second kappa shape index (κ2) is 5.41. The highest BCUT2D eigenvalue weighted by Gasteiger charge is 2.25. The summed E-state index contributed by atoms with van der Waals surface area (Å²) in [7, 11) is 0. The molecule has 1 unspecified atom stereocenters. The van der Waals surface area contributed by atoms with Gasteiger partial charge in [-0.05, 0) is 37.8 Å². The molecule has 0 amide bonds. The molecule has 0 spiro atoms. The van der Waals surface area contributed by atoms with E-state index in [2.05, 4.69) is 37.3 Å². The normalized spacial score (nSPS) is 18.2. The topological polar surface area (TPSA) is 23.8 Å². The third-order valence-electron chi connectivity index (χ3n) is 3.21. The Labute approximate surface area is 102 Å². The monoisotopic (exact) mass is 231 g/mol. The summed E-state index contributed by atoms with van der Waals surface area (Å²) >= 11 is 1.74. The summed E-state index contributed by atoms with van der Waals surface area (Å²) in [6.45, 7) is 2.10. The van der Waals surface area contributed by atoms with Crippen molar-refractivity contribution in [3.63, 3.8) is 0 Å². The zero-order valence-corrected chi connectivity index (χ0v) is 10.5. The van der Waals surface area contributed by atoms with Crippen LogP contribution in [-0.4, -0.2) is 5.25 Å². The smallest absolute Gasteiger partial charge is 0.0991 e. The van der Waals surface area contributed by atoms with Crippen LogP contribution in [0.3, 0.4) is 0 Å². The van der Waals surface area contributed by atoms with E-state index in [1.54, 1.807) is 11.8 Å². The molecule has 0 heterocycles. The number of rotatable bonds is 3. The lowest BCUT2D eigenvalue weighted by Crippen LogP contribution is -2.11. The Hall–Kier alpha value is -0.940. The van der Waals surface area contributed by atoms with Crippen molar-refractivity contribution in [2.75, 3.05) is 0 Å². The molecule has 2 rings (SSSR count). The maximum absolute atomic E-state index is 9.25. The standard InChI is InChI=1S/C14H17NS/c1-11-5-4-8-13(9-11)16-14(10-15)12-6-2-3-7-12/h4-5,8-9,12,14H,2-3,6-7H2,1H3. The van der Waals surface area contributed by atoms with Crippen LogP contribution in [0, 0.1) is 24.2 Å². The second-order valence-electron chi connectivity index (χ2n) is 4.53. The molecule has 1 aliphatic carbocycles. The zero-order valence-electron chi connectivity index (χ0n) is 9.65. The summed E-state index contributed by atoms with van der Waals surface area (Å²) in [5.41, 5.74) is 1.27. The van der Waals surface area contributed by atoms with E-state index in [4.69, 9.17) is 0 Å². The van der Waals surface area contributed by atoms with Gasteiger partial charge in [-0.2, -0.15) is 5.26 Å². The van der Waals surface area contributed by atoms with Gasteiger partial charge in [0.2, 0.25) is 0 Å². The van der Waals surface area contributed by atoms with E-state index in [9.17, 15) is 5.26 Å². The Kier molecular flexibility index (Phi) is 3.90. The van der Waals surface area contributed by atoms with E-state index in [1.165, 1.54) is 36.1 Å². The fourth-order valence-electron chi connectivity index (χ4n) is 2.32. The number of nitriles is 1. The molecular weight excluding hydrogens is 214 g/mol. The SMILES string of the molecule is Cc1cccc(SC(C#N)C2CCCC2)c1. The van der Waals surface area contributed by atoms with Gasteiger partial charge in [0, 0.05) is 4.90 Å². The first kappa shape index (κ1) is 11.5. The van der Waals surface area contributed by atoms with E-state index in [0.717, 1.165) is 0 Å². The third kappa shape index (κ3) is 2.80. The fraction of sp³-hybridized carbons (Fsp3) is 0.500. The molecule has 1 aliphatic rings. The van der Waals surface area contributed by atoms with Crippen LogP contribution in [0.1, 0.15) is 31.2 Å². The summed E-state index contributed by atoms with van der Waals surface area (Å²) in [4.78, 5) is 1.23. The molecule has 1 aromatic rings. The molecule has 1 atom stereocenters. The Bertz CT molecular complexity index is 388. The predicted octanol–water partition coefficient (Wildman–Crippen LogP) is 4.17. The molecule has 16 heavy (non-hydrogen) atoms. The van der Waals surface area contributed by atoms with E-state index in [0.29, 0.717) is 5.92 Å². The Morgan fingerprint density at radius 2 is 2.12 bits per heavy atom. The maximum atomic E-state index is 9.25. The predicted molar refractivity (Wildman–Crippen MR) is 68.4 cm³/mol. The Balaban J connectivity index is 2.04. The molecule has 0 saturated heterocycles. The van der Waals surface area contributed by atoms with Crippen LogP contribution in [0.15, 0.2) is 29.2 Å². The van der Waals surface area contributed by atoms with Crippen LogP contribution >= 0.6 is 11.8 Å². The molecule has 1 fully saturated rings. The van der Waals surface area contributed by atoms with Crippen molar-refractivity contribution in [1.82, 2.24) is 0 Å². The van der Waals surface area contributed by atoms with Crippen molar-refractivity contribution in [2.24, 2.45) is 5.92 Å². The number of hydrogen-bond acceptors (Lipinski definition) is 2. The molecule has 0 aliphatic heterocycles. The van der Waals surface area contributed by atoms with Crippen molar-refractivity contribution in [3.05, 3.63) is 29.8 Å². The van der Waals surface area contributed by atoms with Gasteiger partial charge in [-0.15, -0.1) is 11.8 Å². The lowest BCUT2D eigenvalue weighted by molar-refractivity contribution is 0.575. The van der Waals surface area contributed by atoms with Crippen LogP contribution in [0.2, 0.25) is 0 Å². The van der Waals surface area contributed by atoms with E-state index in [-0.39, 0.29) is 5.25 Å². The highest BCUT2D eigenvalue weighted by Crippen LogP contribution is 2.36. The lowest BCUT2D eigenvalue weighted by Gasteiger charge is -2.15. The first-order chi connectivity index (χ1) is 7.79. The summed E-state index contributed by atoms with van der Waals surface area (Å²) in [5, 5.41) is 9.39. The molecule has 0 N–H and O–H groups in total. The number of nitrogens with zero attached hydrogens (tertiary/aromatic N) is 1. The summed E-state index contributed by atoms with van der Waals surface area (Å²) in [6, 6.07) is 10.9. The van der Waals surface area contributed by atoms with Crippen molar-refractivity contribution >= 4 is 11.8 Å². The molecule has 0 bridgehead atoms. The van der Waals surface area contributed by atoms with Crippen LogP contribution in [0.5, 0.6) is 0 Å². The molecule has 2 heteroatoms. The van der Waals surface area contributed by atoms with E-state index in [1.807, 2.05) is 0 Å². The lowest BCUT2D eigenvalue weighted by atomic mass is 10.1. The fourth-order valence-corrected chi connectivity index (χ4v) is 3.54. The van der Waals surface area contributed by atoms with Crippen molar-refractivity contribution in [1.29, 1.82) is 5.26 Å². The van der Waals surface area contributed by atoms with Gasteiger partial charge < -0.3 is 0 Å². The van der Waals surface area contributed by atoms with Gasteiger partial charge in [-0.25, -0.2) is 0 Å². The zero-order chi connectivity index (χ0) is 11.4. The average Bonchev–Trinajstić information content (AvgIpc) is 2.79. The van der Waals surface area contributed by atoms with Crippen molar-refractivity contribution < 1.29 is 0 Å². The van der Waals surface area contributed by atoms with Gasteiger partial charge in [-0.3, -0.25) is 0 Å². The quantitative estimate of drug-likeness (QED) is 0.729. The number of hydrogen-bond donors (Lipinski definition) is 0. The first-order valence-corrected chi connectivity index (χ1v) is 6.80. The molecule has 1 nitrogen and oxygen atoms in total. The molecular formula is C14H17NS.